The summed E-state index contributed by atoms with van der Waals surface area (Å²) in [7, 11) is 0. The van der Waals surface area contributed by atoms with E-state index in [4.69, 9.17) is 0 Å². The molecule has 7 heteroatoms. The Labute approximate surface area is 161 Å². The molecule has 0 bridgehead atoms. The average Bonchev–Trinajstić information content (AvgIpc) is 3.32. The Balaban J connectivity index is 1.73. The lowest BCUT2D eigenvalue weighted by atomic mass is 10.00. The third kappa shape index (κ3) is 3.26. The van der Waals surface area contributed by atoms with Gasteiger partial charge in [-0.3, -0.25) is 9.67 Å². The summed E-state index contributed by atoms with van der Waals surface area (Å²) in [4.78, 5) is 12.9. The lowest BCUT2D eigenvalue weighted by molar-refractivity contribution is 0.621. The Morgan fingerprint density at radius 1 is 1.18 bits per heavy atom. The van der Waals surface area contributed by atoms with Crippen molar-refractivity contribution in [1.82, 2.24) is 24.5 Å². The molecule has 6 nitrogen and oxygen atoms in total. The number of rotatable bonds is 5. The van der Waals surface area contributed by atoms with E-state index in [1.807, 2.05) is 24.4 Å². The first-order chi connectivity index (χ1) is 13.6. The molecular formula is C21H20FN5O. The van der Waals surface area contributed by atoms with Crippen LogP contribution in [0.15, 0.2) is 59.7 Å². The molecule has 0 saturated heterocycles. The number of aromatic nitrogens is 5. The Kier molecular flexibility index (Phi) is 4.65. The monoisotopic (exact) mass is 377 g/mol. The quantitative estimate of drug-likeness (QED) is 0.579. The minimum absolute atomic E-state index is 0.250. The summed E-state index contributed by atoms with van der Waals surface area (Å²) in [6, 6.07) is 12.1. The zero-order valence-corrected chi connectivity index (χ0v) is 15.7. The summed E-state index contributed by atoms with van der Waals surface area (Å²) in [5.74, 6) is 0.254. The van der Waals surface area contributed by atoms with Crippen LogP contribution in [-0.4, -0.2) is 24.5 Å². The first-order valence-electron chi connectivity index (χ1n) is 9.10. The minimum atomic E-state index is -0.321. The molecule has 0 fully saturated rings. The van der Waals surface area contributed by atoms with Crippen LogP contribution < -0.4 is 5.69 Å². The van der Waals surface area contributed by atoms with E-state index in [9.17, 15) is 9.18 Å². The number of nitrogens with zero attached hydrogens (tertiary/aromatic N) is 4. The van der Waals surface area contributed by atoms with Crippen LogP contribution in [0.25, 0.3) is 16.8 Å². The van der Waals surface area contributed by atoms with Crippen LogP contribution in [0.2, 0.25) is 0 Å². The van der Waals surface area contributed by atoms with Crippen LogP contribution in [-0.2, 0) is 13.0 Å². The average molecular weight is 377 g/mol. The molecule has 0 aliphatic rings. The van der Waals surface area contributed by atoms with Crippen molar-refractivity contribution in [2.24, 2.45) is 0 Å². The van der Waals surface area contributed by atoms with Crippen molar-refractivity contribution in [1.29, 1.82) is 0 Å². The molecular weight excluding hydrogens is 357 g/mol. The highest BCUT2D eigenvalue weighted by Crippen LogP contribution is 2.25. The fraction of sp³-hybridized carbons (Fsp3) is 0.190. The van der Waals surface area contributed by atoms with Gasteiger partial charge in [0.05, 0.1) is 18.4 Å². The maximum absolute atomic E-state index is 13.5. The summed E-state index contributed by atoms with van der Waals surface area (Å²) in [6.07, 6.45) is 4.43. The van der Waals surface area contributed by atoms with Gasteiger partial charge in [0, 0.05) is 11.8 Å². The third-order valence-corrected chi connectivity index (χ3v) is 4.80. The molecule has 0 aliphatic heterocycles. The molecule has 142 valence electrons. The van der Waals surface area contributed by atoms with Gasteiger partial charge >= 0.3 is 5.69 Å². The zero-order chi connectivity index (χ0) is 19.7. The summed E-state index contributed by atoms with van der Waals surface area (Å²) < 4.78 is 16.4. The van der Waals surface area contributed by atoms with Crippen molar-refractivity contribution in [3.05, 3.63) is 88.1 Å². The molecule has 0 radical (unpaired) electrons. The van der Waals surface area contributed by atoms with Crippen molar-refractivity contribution >= 4 is 0 Å². The maximum atomic E-state index is 13.5. The summed E-state index contributed by atoms with van der Waals surface area (Å²) in [5.41, 5.74) is 4.35. The van der Waals surface area contributed by atoms with Gasteiger partial charge in [-0.2, -0.15) is 14.9 Å². The molecule has 2 aromatic carbocycles. The summed E-state index contributed by atoms with van der Waals surface area (Å²) in [6.45, 7) is 4.12. The molecule has 0 atom stereocenters. The highest BCUT2D eigenvalue weighted by atomic mass is 19.1. The fourth-order valence-corrected chi connectivity index (χ4v) is 3.35. The second-order valence-corrected chi connectivity index (χ2v) is 6.64. The number of aryl methyl sites for hydroxylation is 2. The topological polar surface area (TPSA) is 68.5 Å². The first-order valence-corrected chi connectivity index (χ1v) is 9.10. The minimum Gasteiger partial charge on any atom is -0.285 e. The van der Waals surface area contributed by atoms with Crippen molar-refractivity contribution in [2.45, 2.75) is 26.8 Å². The van der Waals surface area contributed by atoms with E-state index < -0.39 is 0 Å². The van der Waals surface area contributed by atoms with Gasteiger partial charge in [-0.1, -0.05) is 25.1 Å². The Bertz CT molecular complexity index is 1170. The van der Waals surface area contributed by atoms with Gasteiger partial charge < -0.3 is 0 Å². The van der Waals surface area contributed by atoms with E-state index >= 15 is 0 Å². The molecule has 28 heavy (non-hydrogen) atoms. The van der Waals surface area contributed by atoms with Gasteiger partial charge in [-0.15, -0.1) is 0 Å². The standard InChI is InChI=1S/C21H20FN5O/c1-3-16-10-19(7-8-20(16)17-11-23-24-12-17)27-21(28)26(14(2)25-27)13-15-5-4-6-18(22)9-15/h4-12H,3,13H2,1-2H3,(H,23,24). The maximum Gasteiger partial charge on any atom is 0.351 e. The van der Waals surface area contributed by atoms with Crippen LogP contribution in [0.5, 0.6) is 0 Å². The zero-order valence-electron chi connectivity index (χ0n) is 15.7. The van der Waals surface area contributed by atoms with E-state index in [-0.39, 0.29) is 18.1 Å². The molecule has 0 saturated carbocycles. The number of hydrogen-bond donors (Lipinski definition) is 1. The van der Waals surface area contributed by atoms with Crippen molar-refractivity contribution in [2.75, 3.05) is 0 Å². The van der Waals surface area contributed by atoms with Crippen molar-refractivity contribution in [3.8, 4) is 16.8 Å². The molecule has 4 aromatic rings. The van der Waals surface area contributed by atoms with Crippen LogP contribution in [0.1, 0.15) is 23.9 Å². The van der Waals surface area contributed by atoms with Gasteiger partial charge in [0.15, 0.2) is 0 Å². The molecule has 2 aromatic heterocycles. The lowest BCUT2D eigenvalue weighted by Crippen LogP contribution is -2.24. The third-order valence-electron chi connectivity index (χ3n) is 4.80. The molecule has 0 aliphatic carbocycles. The second-order valence-electron chi connectivity index (χ2n) is 6.64. The number of aromatic amines is 1. The van der Waals surface area contributed by atoms with E-state index in [0.29, 0.717) is 17.1 Å². The highest BCUT2D eigenvalue weighted by Gasteiger charge is 2.14. The van der Waals surface area contributed by atoms with E-state index in [1.54, 1.807) is 29.8 Å². The second kappa shape index (κ2) is 7.26. The number of halogens is 1. The number of H-pyrrole nitrogens is 1. The number of nitrogens with one attached hydrogen (secondary N) is 1. The summed E-state index contributed by atoms with van der Waals surface area (Å²) >= 11 is 0. The van der Waals surface area contributed by atoms with Crippen LogP contribution in [0.4, 0.5) is 4.39 Å². The van der Waals surface area contributed by atoms with Crippen molar-refractivity contribution < 1.29 is 4.39 Å². The van der Waals surface area contributed by atoms with Crippen molar-refractivity contribution in [3.63, 3.8) is 0 Å². The molecule has 0 spiro atoms. The molecule has 2 heterocycles. The molecule has 0 amide bonds. The summed E-state index contributed by atoms with van der Waals surface area (Å²) in [5, 5.41) is 11.3. The van der Waals surface area contributed by atoms with Crippen LogP contribution in [0.3, 0.4) is 0 Å². The predicted molar refractivity (Wildman–Crippen MR) is 105 cm³/mol. The van der Waals surface area contributed by atoms with Crippen LogP contribution in [0, 0.1) is 12.7 Å². The number of hydrogen-bond acceptors (Lipinski definition) is 3. The normalized spacial score (nSPS) is 11.1. The molecule has 4 rings (SSSR count). The lowest BCUT2D eigenvalue weighted by Gasteiger charge is -2.08. The highest BCUT2D eigenvalue weighted by molar-refractivity contribution is 5.67. The van der Waals surface area contributed by atoms with Gasteiger partial charge in [-0.25, -0.2) is 9.18 Å². The SMILES string of the molecule is CCc1cc(-n2nc(C)n(Cc3cccc(F)c3)c2=O)ccc1-c1cn[nH]c1. The van der Waals surface area contributed by atoms with E-state index in [0.717, 1.165) is 23.1 Å². The Morgan fingerprint density at radius 3 is 2.75 bits per heavy atom. The van der Waals surface area contributed by atoms with Gasteiger partial charge in [0.25, 0.3) is 0 Å². The van der Waals surface area contributed by atoms with E-state index in [2.05, 4.69) is 22.2 Å². The van der Waals surface area contributed by atoms with Gasteiger partial charge in [-0.05, 0) is 54.3 Å². The predicted octanol–water partition coefficient (Wildman–Crippen LogP) is 3.48. The fourth-order valence-electron chi connectivity index (χ4n) is 3.35. The van der Waals surface area contributed by atoms with E-state index in [1.165, 1.54) is 16.8 Å². The first kappa shape index (κ1) is 17.9. The van der Waals surface area contributed by atoms with Gasteiger partial charge in [0.1, 0.15) is 11.6 Å². The van der Waals surface area contributed by atoms with Crippen LogP contribution >= 0.6 is 0 Å². The van der Waals surface area contributed by atoms with Gasteiger partial charge in [0.2, 0.25) is 0 Å². The smallest absolute Gasteiger partial charge is 0.285 e. The Morgan fingerprint density at radius 2 is 2.04 bits per heavy atom. The number of benzene rings is 2. The largest absolute Gasteiger partial charge is 0.351 e. The molecule has 0 unspecified atom stereocenters. The Hall–Kier alpha value is -3.48. The molecule has 1 N–H and O–H groups in total.